The highest BCUT2D eigenvalue weighted by atomic mass is 16.4. The number of carboxylic acid groups (broad SMARTS) is 1. The number of hydrogen-bond donors (Lipinski definition) is 2. The zero-order valence-electron chi connectivity index (χ0n) is 12.2. The predicted molar refractivity (Wildman–Crippen MR) is 71.8 cm³/mol. The Morgan fingerprint density at radius 3 is 2.10 bits per heavy atom. The van der Waals surface area contributed by atoms with Crippen LogP contribution in [0.5, 0.6) is 0 Å². The van der Waals surface area contributed by atoms with Crippen LogP contribution in [0.2, 0.25) is 0 Å². The van der Waals surface area contributed by atoms with Crippen LogP contribution in [-0.2, 0) is 14.4 Å². The molecule has 0 aromatic rings. The van der Waals surface area contributed by atoms with Crippen LogP contribution in [0.15, 0.2) is 0 Å². The summed E-state index contributed by atoms with van der Waals surface area (Å²) in [7, 11) is 1.62. The Labute approximate surface area is 118 Å². The minimum atomic E-state index is -0.895. The molecule has 0 bridgehead atoms. The molecule has 2 fully saturated rings. The average Bonchev–Trinajstić information content (AvgIpc) is 3.00. The van der Waals surface area contributed by atoms with E-state index in [1.165, 1.54) is 0 Å². The first-order chi connectivity index (χ1) is 9.30. The molecule has 0 aromatic carbocycles. The van der Waals surface area contributed by atoms with E-state index in [0.717, 1.165) is 0 Å². The maximum Gasteiger partial charge on any atom is 0.307 e. The number of amides is 2. The van der Waals surface area contributed by atoms with Gasteiger partial charge in [-0.3, -0.25) is 14.4 Å². The summed E-state index contributed by atoms with van der Waals surface area (Å²) in [6.07, 6.45) is 1.30. The molecule has 2 amide bonds. The zero-order valence-corrected chi connectivity index (χ0v) is 12.2. The Morgan fingerprint density at radius 2 is 1.70 bits per heavy atom. The van der Waals surface area contributed by atoms with Crippen LogP contribution in [0.25, 0.3) is 0 Å². The summed E-state index contributed by atoms with van der Waals surface area (Å²) in [4.78, 5) is 36.8. The molecule has 20 heavy (non-hydrogen) atoms. The second-order valence-electron chi connectivity index (χ2n) is 6.33. The van der Waals surface area contributed by atoms with Gasteiger partial charge in [-0.05, 0) is 18.3 Å². The van der Waals surface area contributed by atoms with Gasteiger partial charge in [0.05, 0.1) is 11.8 Å². The molecule has 1 aliphatic heterocycles. The van der Waals surface area contributed by atoms with Gasteiger partial charge in [0.15, 0.2) is 0 Å². The van der Waals surface area contributed by atoms with Crippen LogP contribution < -0.4 is 5.32 Å². The van der Waals surface area contributed by atoms with E-state index < -0.39 is 23.2 Å². The van der Waals surface area contributed by atoms with Gasteiger partial charge >= 0.3 is 5.97 Å². The number of nitrogens with one attached hydrogen (secondary N) is 1. The number of carbonyl (C=O) groups is 3. The Balaban J connectivity index is 1.93. The quantitative estimate of drug-likeness (QED) is 0.781. The highest BCUT2D eigenvalue weighted by molar-refractivity contribution is 5.91. The maximum absolute atomic E-state index is 12.4. The second kappa shape index (κ2) is 5.07. The van der Waals surface area contributed by atoms with E-state index in [0.29, 0.717) is 25.9 Å². The lowest BCUT2D eigenvalue weighted by molar-refractivity contribution is -0.142. The van der Waals surface area contributed by atoms with E-state index >= 15 is 0 Å². The van der Waals surface area contributed by atoms with Gasteiger partial charge in [-0.1, -0.05) is 13.8 Å². The Morgan fingerprint density at radius 1 is 1.15 bits per heavy atom. The van der Waals surface area contributed by atoms with E-state index in [1.54, 1.807) is 11.9 Å². The number of likely N-dealkylation sites (tertiary alicyclic amines) is 1. The molecule has 6 nitrogen and oxygen atoms in total. The largest absolute Gasteiger partial charge is 0.481 e. The summed E-state index contributed by atoms with van der Waals surface area (Å²) < 4.78 is 0. The van der Waals surface area contributed by atoms with Gasteiger partial charge in [0, 0.05) is 26.1 Å². The van der Waals surface area contributed by atoms with Crippen molar-refractivity contribution in [2.24, 2.45) is 23.2 Å². The molecule has 6 heteroatoms. The van der Waals surface area contributed by atoms with Gasteiger partial charge in [-0.15, -0.1) is 0 Å². The van der Waals surface area contributed by atoms with Gasteiger partial charge in [-0.25, -0.2) is 0 Å². The summed E-state index contributed by atoms with van der Waals surface area (Å²) in [6.45, 7) is 4.73. The lowest BCUT2D eigenvalue weighted by atomic mass is 9.95. The van der Waals surface area contributed by atoms with Crippen LogP contribution in [0, 0.1) is 23.2 Å². The summed E-state index contributed by atoms with van der Waals surface area (Å²) >= 11 is 0. The molecule has 1 aliphatic carbocycles. The SMILES string of the molecule is CNC(=O)C1CCN(C(=O)C2C(C(=O)O)C2(C)C)CC1. The Hall–Kier alpha value is -1.59. The molecule has 2 unspecified atom stereocenters. The van der Waals surface area contributed by atoms with Crippen molar-refractivity contribution in [2.75, 3.05) is 20.1 Å². The molecule has 2 N–H and O–H groups in total. The smallest absolute Gasteiger partial charge is 0.307 e. The molecule has 2 rings (SSSR count). The minimum absolute atomic E-state index is 0.0206. The van der Waals surface area contributed by atoms with Gasteiger partial charge in [0.1, 0.15) is 0 Å². The van der Waals surface area contributed by atoms with Crippen molar-refractivity contribution in [3.05, 3.63) is 0 Å². The molecule has 2 aliphatic rings. The molecule has 0 spiro atoms. The summed E-state index contributed by atoms with van der Waals surface area (Å²) in [5.74, 6) is -1.98. The normalized spacial score (nSPS) is 28.9. The lowest BCUT2D eigenvalue weighted by Crippen LogP contribution is -2.43. The zero-order chi connectivity index (χ0) is 15.1. The summed E-state index contributed by atoms with van der Waals surface area (Å²) in [5, 5.41) is 11.8. The summed E-state index contributed by atoms with van der Waals surface area (Å²) in [6, 6.07) is 0. The monoisotopic (exact) mass is 282 g/mol. The molecular weight excluding hydrogens is 260 g/mol. The number of piperidine rings is 1. The molecular formula is C14H22N2O4. The predicted octanol–water partition coefficient (Wildman–Crippen LogP) is 0.328. The first-order valence-electron chi connectivity index (χ1n) is 7.04. The van der Waals surface area contributed by atoms with Crippen LogP contribution >= 0.6 is 0 Å². The Bertz CT molecular complexity index is 438. The third-order valence-corrected chi connectivity index (χ3v) is 4.78. The number of aliphatic carboxylic acids is 1. The third-order valence-electron chi connectivity index (χ3n) is 4.78. The van der Waals surface area contributed by atoms with Crippen LogP contribution in [-0.4, -0.2) is 47.9 Å². The lowest BCUT2D eigenvalue weighted by Gasteiger charge is -2.31. The third kappa shape index (κ3) is 2.39. The molecule has 1 saturated carbocycles. The maximum atomic E-state index is 12.4. The summed E-state index contributed by atoms with van der Waals surface area (Å²) in [5.41, 5.74) is -0.458. The van der Waals surface area contributed by atoms with Crippen LogP contribution in [0.3, 0.4) is 0 Å². The first kappa shape index (κ1) is 14.8. The fraction of sp³-hybridized carbons (Fsp3) is 0.786. The van der Waals surface area contributed by atoms with Gasteiger partial charge < -0.3 is 15.3 Å². The molecule has 112 valence electrons. The van der Waals surface area contributed by atoms with Crippen molar-refractivity contribution in [1.29, 1.82) is 0 Å². The van der Waals surface area contributed by atoms with Crippen molar-refractivity contribution in [3.63, 3.8) is 0 Å². The fourth-order valence-electron chi connectivity index (χ4n) is 3.32. The highest BCUT2D eigenvalue weighted by Gasteiger charge is 2.66. The van der Waals surface area contributed by atoms with Crippen molar-refractivity contribution < 1.29 is 19.5 Å². The molecule has 0 aromatic heterocycles. The van der Waals surface area contributed by atoms with E-state index in [9.17, 15) is 14.4 Å². The van der Waals surface area contributed by atoms with Crippen LogP contribution in [0.4, 0.5) is 0 Å². The highest BCUT2D eigenvalue weighted by Crippen LogP contribution is 2.59. The van der Waals surface area contributed by atoms with Crippen molar-refractivity contribution >= 4 is 17.8 Å². The molecule has 1 heterocycles. The van der Waals surface area contributed by atoms with Gasteiger partial charge in [-0.2, -0.15) is 0 Å². The number of nitrogens with zero attached hydrogens (tertiary/aromatic N) is 1. The van der Waals surface area contributed by atoms with E-state index in [4.69, 9.17) is 5.11 Å². The van der Waals surface area contributed by atoms with Gasteiger partial charge in [0.25, 0.3) is 0 Å². The number of carboxylic acids is 1. The minimum Gasteiger partial charge on any atom is -0.481 e. The first-order valence-corrected chi connectivity index (χ1v) is 7.04. The second-order valence-corrected chi connectivity index (χ2v) is 6.33. The standard InChI is InChI=1S/C14H22N2O4/c1-14(2)9(10(14)13(19)20)12(18)16-6-4-8(5-7-16)11(17)15-3/h8-10H,4-7H2,1-3H3,(H,15,17)(H,19,20). The molecule has 0 radical (unpaired) electrons. The van der Waals surface area contributed by atoms with E-state index in [-0.39, 0.29) is 17.7 Å². The van der Waals surface area contributed by atoms with Crippen molar-refractivity contribution in [3.8, 4) is 0 Å². The van der Waals surface area contributed by atoms with E-state index in [1.807, 2.05) is 13.8 Å². The molecule has 2 atom stereocenters. The van der Waals surface area contributed by atoms with Gasteiger partial charge in [0.2, 0.25) is 11.8 Å². The fourth-order valence-corrected chi connectivity index (χ4v) is 3.32. The Kier molecular flexibility index (Phi) is 3.75. The van der Waals surface area contributed by atoms with Crippen molar-refractivity contribution in [1.82, 2.24) is 10.2 Å². The average molecular weight is 282 g/mol. The number of carbonyl (C=O) groups excluding carboxylic acids is 2. The van der Waals surface area contributed by atoms with E-state index in [2.05, 4.69) is 5.32 Å². The number of hydrogen-bond acceptors (Lipinski definition) is 3. The topological polar surface area (TPSA) is 86.7 Å². The number of rotatable bonds is 3. The van der Waals surface area contributed by atoms with Crippen molar-refractivity contribution in [2.45, 2.75) is 26.7 Å². The molecule has 1 saturated heterocycles. The van der Waals surface area contributed by atoms with Crippen LogP contribution in [0.1, 0.15) is 26.7 Å².